The maximum atomic E-state index is 11.4. The molecule has 0 saturated carbocycles. The van der Waals surface area contributed by atoms with Crippen LogP contribution in [0.1, 0.15) is 6.92 Å². The normalized spacial score (nSPS) is 9.73. The van der Waals surface area contributed by atoms with E-state index in [4.69, 9.17) is 0 Å². The van der Waals surface area contributed by atoms with E-state index in [1.165, 1.54) is 10.8 Å². The van der Waals surface area contributed by atoms with Crippen LogP contribution >= 0.6 is 0 Å². The summed E-state index contributed by atoms with van der Waals surface area (Å²) in [4.78, 5) is 26.4. The second-order valence-electron chi connectivity index (χ2n) is 3.00. The smallest absolute Gasteiger partial charge is 0.293 e. The third kappa shape index (κ3) is 3.08. The average molecular weight is 210 g/mol. The van der Waals surface area contributed by atoms with Gasteiger partial charge in [-0.15, -0.1) is 0 Å². The Morgan fingerprint density at radius 1 is 1.60 bits per heavy atom. The van der Waals surface area contributed by atoms with E-state index in [0.29, 0.717) is 6.54 Å². The van der Waals surface area contributed by atoms with Crippen molar-refractivity contribution in [1.29, 1.82) is 0 Å². The van der Waals surface area contributed by atoms with Gasteiger partial charge in [-0.1, -0.05) is 0 Å². The number of aromatic nitrogens is 2. The van der Waals surface area contributed by atoms with Gasteiger partial charge in [-0.25, -0.2) is 4.98 Å². The largest absolute Gasteiger partial charge is 0.356 e. The predicted octanol–water partition coefficient (Wildman–Crippen LogP) is -0.672. The zero-order valence-electron chi connectivity index (χ0n) is 8.78. The molecule has 0 bridgehead atoms. The molecule has 82 valence electrons. The molecule has 0 spiro atoms. The summed E-state index contributed by atoms with van der Waals surface area (Å²) in [5.41, 5.74) is -0.248. The molecule has 1 rings (SSSR count). The number of rotatable bonds is 4. The van der Waals surface area contributed by atoms with Crippen LogP contribution in [0.5, 0.6) is 0 Å². The molecule has 0 aliphatic rings. The van der Waals surface area contributed by atoms with Crippen LogP contribution in [0.2, 0.25) is 0 Å². The van der Waals surface area contributed by atoms with E-state index in [2.05, 4.69) is 15.6 Å². The average Bonchev–Trinajstić information content (AvgIpc) is 2.21. The van der Waals surface area contributed by atoms with Crippen LogP contribution in [0.4, 0.5) is 5.82 Å². The molecule has 15 heavy (non-hydrogen) atoms. The van der Waals surface area contributed by atoms with Crippen molar-refractivity contribution in [2.75, 3.05) is 18.4 Å². The number of anilines is 1. The molecule has 0 aliphatic heterocycles. The van der Waals surface area contributed by atoms with Crippen molar-refractivity contribution in [3.8, 4) is 0 Å². The summed E-state index contributed by atoms with van der Waals surface area (Å²) in [6.07, 6.45) is 3.06. The van der Waals surface area contributed by atoms with E-state index < -0.39 is 0 Å². The molecule has 6 nitrogen and oxygen atoms in total. The molecule has 6 heteroatoms. The molecule has 2 N–H and O–H groups in total. The van der Waals surface area contributed by atoms with Gasteiger partial charge in [-0.3, -0.25) is 9.59 Å². The summed E-state index contributed by atoms with van der Waals surface area (Å²) >= 11 is 0. The van der Waals surface area contributed by atoms with Crippen molar-refractivity contribution in [3.05, 3.63) is 22.7 Å². The summed E-state index contributed by atoms with van der Waals surface area (Å²) in [5, 5.41) is 5.29. The fraction of sp³-hybridized carbons (Fsp3) is 0.444. The number of hydrogen-bond acceptors (Lipinski definition) is 4. The van der Waals surface area contributed by atoms with E-state index >= 15 is 0 Å². The zero-order chi connectivity index (χ0) is 11.3. The lowest BCUT2D eigenvalue weighted by atomic mass is 10.5. The van der Waals surface area contributed by atoms with E-state index in [1.807, 2.05) is 6.92 Å². The molecular weight excluding hydrogens is 196 g/mol. The van der Waals surface area contributed by atoms with Gasteiger partial charge in [-0.2, -0.15) is 0 Å². The molecule has 0 aliphatic carbocycles. The Morgan fingerprint density at radius 3 is 3.00 bits per heavy atom. The number of carbonyl (C=O) groups excluding carboxylic acids is 1. The minimum Gasteiger partial charge on any atom is -0.356 e. The van der Waals surface area contributed by atoms with Crippen LogP contribution < -0.4 is 16.2 Å². The van der Waals surface area contributed by atoms with Gasteiger partial charge in [0.05, 0.1) is 6.54 Å². The number of aryl methyl sites for hydroxylation is 1. The summed E-state index contributed by atoms with van der Waals surface area (Å²) in [5.74, 6) is 0.0245. The van der Waals surface area contributed by atoms with Crippen molar-refractivity contribution in [2.45, 2.75) is 6.92 Å². The van der Waals surface area contributed by atoms with Gasteiger partial charge in [0.25, 0.3) is 5.56 Å². The molecule has 1 aromatic heterocycles. The molecule has 0 radical (unpaired) electrons. The number of nitrogens with zero attached hydrogens (tertiary/aromatic N) is 2. The van der Waals surface area contributed by atoms with Gasteiger partial charge in [0.2, 0.25) is 5.91 Å². The summed E-state index contributed by atoms with van der Waals surface area (Å²) in [7, 11) is 1.63. The van der Waals surface area contributed by atoms with Crippen molar-refractivity contribution in [2.24, 2.45) is 7.05 Å². The first-order valence-electron chi connectivity index (χ1n) is 4.67. The first-order valence-corrected chi connectivity index (χ1v) is 4.67. The third-order valence-corrected chi connectivity index (χ3v) is 1.81. The highest BCUT2D eigenvalue weighted by molar-refractivity contribution is 5.80. The van der Waals surface area contributed by atoms with Crippen molar-refractivity contribution >= 4 is 11.7 Å². The molecular formula is C9H14N4O2. The minimum absolute atomic E-state index is 0.0556. The fourth-order valence-corrected chi connectivity index (χ4v) is 1.04. The van der Waals surface area contributed by atoms with Crippen LogP contribution in [-0.2, 0) is 11.8 Å². The summed E-state index contributed by atoms with van der Waals surface area (Å²) in [6, 6.07) is 0. The lowest BCUT2D eigenvalue weighted by molar-refractivity contribution is -0.119. The number of carbonyl (C=O) groups is 1. The van der Waals surface area contributed by atoms with Crippen LogP contribution in [-0.4, -0.2) is 28.5 Å². The Morgan fingerprint density at radius 2 is 2.33 bits per heavy atom. The SMILES string of the molecule is CCNC(=O)CNc1nccn(C)c1=O. The predicted molar refractivity (Wildman–Crippen MR) is 56.7 cm³/mol. The molecule has 1 aromatic rings. The van der Waals surface area contributed by atoms with Gasteiger partial charge in [0, 0.05) is 26.0 Å². The Bertz CT molecular complexity index is 399. The van der Waals surface area contributed by atoms with E-state index in [9.17, 15) is 9.59 Å². The second-order valence-corrected chi connectivity index (χ2v) is 3.00. The topological polar surface area (TPSA) is 76.0 Å². The van der Waals surface area contributed by atoms with Gasteiger partial charge >= 0.3 is 0 Å². The van der Waals surface area contributed by atoms with Crippen LogP contribution in [0.25, 0.3) is 0 Å². The maximum absolute atomic E-state index is 11.4. The van der Waals surface area contributed by atoms with Crippen LogP contribution in [0, 0.1) is 0 Å². The quantitative estimate of drug-likeness (QED) is 0.691. The Hall–Kier alpha value is -1.85. The highest BCUT2D eigenvalue weighted by Gasteiger charge is 2.04. The standard InChI is InChI=1S/C9H14N4O2/c1-3-10-7(14)6-12-8-9(15)13(2)5-4-11-8/h4-5H,3,6H2,1-2H3,(H,10,14)(H,11,12). The molecule has 0 unspecified atom stereocenters. The molecule has 1 amide bonds. The number of amides is 1. The molecule has 0 fully saturated rings. The summed E-state index contributed by atoms with van der Waals surface area (Å²) < 4.78 is 1.40. The number of likely N-dealkylation sites (N-methyl/N-ethyl adjacent to an activating group) is 1. The van der Waals surface area contributed by atoms with Gasteiger partial charge < -0.3 is 15.2 Å². The monoisotopic (exact) mass is 210 g/mol. The lowest BCUT2D eigenvalue weighted by Crippen LogP contribution is -2.32. The first-order chi connectivity index (χ1) is 7.15. The van der Waals surface area contributed by atoms with Crippen LogP contribution in [0.15, 0.2) is 17.2 Å². The Kier molecular flexibility index (Phi) is 3.84. The Labute approximate surface area is 87.3 Å². The summed E-state index contributed by atoms with van der Waals surface area (Å²) in [6.45, 7) is 2.46. The Balaban J connectivity index is 2.62. The van der Waals surface area contributed by atoms with Gasteiger partial charge in [0.15, 0.2) is 5.82 Å². The minimum atomic E-state index is -0.248. The first kappa shape index (κ1) is 11.2. The van der Waals surface area contributed by atoms with Crippen molar-refractivity contribution in [3.63, 3.8) is 0 Å². The number of nitrogens with one attached hydrogen (secondary N) is 2. The van der Waals surface area contributed by atoms with Gasteiger partial charge in [-0.05, 0) is 6.92 Å². The van der Waals surface area contributed by atoms with E-state index in [1.54, 1.807) is 13.2 Å². The fourth-order valence-electron chi connectivity index (χ4n) is 1.04. The second kappa shape index (κ2) is 5.14. The van der Waals surface area contributed by atoms with Crippen molar-refractivity contribution in [1.82, 2.24) is 14.9 Å². The third-order valence-electron chi connectivity index (χ3n) is 1.81. The van der Waals surface area contributed by atoms with E-state index in [0.717, 1.165) is 0 Å². The number of hydrogen-bond donors (Lipinski definition) is 2. The molecule has 0 saturated heterocycles. The van der Waals surface area contributed by atoms with E-state index in [-0.39, 0.29) is 23.8 Å². The van der Waals surface area contributed by atoms with Crippen molar-refractivity contribution < 1.29 is 4.79 Å². The zero-order valence-corrected chi connectivity index (χ0v) is 8.78. The molecule has 0 atom stereocenters. The molecule has 1 heterocycles. The maximum Gasteiger partial charge on any atom is 0.293 e. The van der Waals surface area contributed by atoms with Crippen LogP contribution in [0.3, 0.4) is 0 Å². The highest BCUT2D eigenvalue weighted by atomic mass is 16.2. The van der Waals surface area contributed by atoms with Gasteiger partial charge in [0.1, 0.15) is 0 Å². The lowest BCUT2D eigenvalue weighted by Gasteiger charge is -2.05. The highest BCUT2D eigenvalue weighted by Crippen LogP contribution is 1.89. The molecule has 0 aromatic carbocycles.